The van der Waals surface area contributed by atoms with Crippen LogP contribution in [0.25, 0.3) is 15.9 Å². The van der Waals surface area contributed by atoms with Crippen LogP contribution < -0.4 is 10.6 Å². The first kappa shape index (κ1) is 20.8. The van der Waals surface area contributed by atoms with Crippen molar-refractivity contribution in [3.63, 3.8) is 0 Å². The third kappa shape index (κ3) is 4.15. The number of carbonyl (C=O) groups is 1. The van der Waals surface area contributed by atoms with Crippen LogP contribution in [-0.2, 0) is 0 Å². The van der Waals surface area contributed by atoms with E-state index < -0.39 is 36.8 Å². The van der Waals surface area contributed by atoms with Crippen LogP contribution >= 0.6 is 22.9 Å². The Morgan fingerprint density at radius 1 is 1.12 bits per heavy atom. The van der Waals surface area contributed by atoms with Crippen LogP contribution in [0.1, 0.15) is 23.2 Å². The maximum Gasteiger partial charge on any atom is 0.253 e. The van der Waals surface area contributed by atoms with E-state index in [-0.39, 0.29) is 0 Å². The van der Waals surface area contributed by atoms with Crippen LogP contribution in [0.3, 0.4) is 0 Å². The molecule has 2 unspecified atom stereocenters. The van der Waals surface area contributed by atoms with Crippen LogP contribution in [0.5, 0.6) is 0 Å². The van der Waals surface area contributed by atoms with Crippen LogP contribution in [0.4, 0.5) is 13.9 Å². The minimum absolute atomic E-state index is 0.298. The van der Waals surface area contributed by atoms with Crippen LogP contribution in [0, 0.1) is 0 Å². The van der Waals surface area contributed by atoms with Crippen molar-refractivity contribution in [2.75, 3.05) is 5.32 Å². The summed E-state index contributed by atoms with van der Waals surface area (Å²) in [4.78, 5) is 18.8. The van der Waals surface area contributed by atoms with E-state index in [1.54, 1.807) is 42.5 Å². The molecule has 164 valence electrons. The molecular formula is C21H17ClF2N6OS. The number of hydrogen-bond donors (Lipinski definition) is 2. The molecular weight excluding hydrogens is 458 g/mol. The summed E-state index contributed by atoms with van der Waals surface area (Å²) < 4.78 is 29.5. The normalized spacial score (nSPS) is 19.8. The van der Waals surface area contributed by atoms with E-state index in [0.717, 1.165) is 10.2 Å². The van der Waals surface area contributed by atoms with Crippen molar-refractivity contribution < 1.29 is 13.6 Å². The maximum absolute atomic E-state index is 14.3. The smallest absolute Gasteiger partial charge is 0.253 e. The quantitative estimate of drug-likeness (QED) is 0.443. The maximum atomic E-state index is 14.3. The third-order valence-corrected chi connectivity index (χ3v) is 6.47. The van der Waals surface area contributed by atoms with E-state index in [1.165, 1.54) is 28.5 Å². The van der Waals surface area contributed by atoms with Crippen LogP contribution in [-0.4, -0.2) is 43.9 Å². The van der Waals surface area contributed by atoms with Crippen molar-refractivity contribution in [1.29, 1.82) is 0 Å². The van der Waals surface area contributed by atoms with Crippen LogP contribution in [0.2, 0.25) is 5.02 Å². The standard InChI is InChI=1S/C21H17ClF2N6OS/c22-12-5-6-14-18(9-12)32-20(28-14)29-16-11-21(23,24)10-15(16)27-19(31)13-3-1-2-4-17(13)30-25-7-8-26-30/h1-9,15-16H,10-11H2,(H,27,31)(H,28,29). The molecule has 2 aromatic heterocycles. The van der Waals surface area contributed by atoms with Gasteiger partial charge in [0.05, 0.1) is 45.9 Å². The van der Waals surface area contributed by atoms with Crippen molar-refractivity contribution >= 4 is 44.2 Å². The fourth-order valence-electron chi connectivity index (χ4n) is 3.86. The highest BCUT2D eigenvalue weighted by Gasteiger charge is 2.47. The Morgan fingerprint density at radius 2 is 1.88 bits per heavy atom. The number of fused-ring (bicyclic) bond motifs is 1. The van der Waals surface area contributed by atoms with E-state index in [9.17, 15) is 13.6 Å². The molecule has 1 amide bonds. The molecule has 7 nitrogen and oxygen atoms in total. The number of thiazole rings is 1. The molecule has 2 aromatic carbocycles. The van der Waals surface area contributed by atoms with E-state index in [4.69, 9.17) is 11.6 Å². The second kappa shape index (κ2) is 8.10. The number of benzene rings is 2. The van der Waals surface area contributed by atoms with E-state index >= 15 is 0 Å². The van der Waals surface area contributed by atoms with Gasteiger partial charge in [0, 0.05) is 17.9 Å². The van der Waals surface area contributed by atoms with Gasteiger partial charge in [0.25, 0.3) is 11.8 Å². The fraction of sp³-hybridized carbons (Fsp3) is 0.238. The highest BCUT2D eigenvalue weighted by molar-refractivity contribution is 7.22. The lowest BCUT2D eigenvalue weighted by molar-refractivity contribution is 0.00651. The molecule has 2 atom stereocenters. The average Bonchev–Trinajstić information content (AvgIpc) is 3.47. The third-order valence-electron chi connectivity index (χ3n) is 5.28. The van der Waals surface area contributed by atoms with Crippen molar-refractivity contribution in [3.05, 3.63) is 65.4 Å². The van der Waals surface area contributed by atoms with E-state index in [1.807, 2.05) is 0 Å². The minimum atomic E-state index is -2.90. The Labute approximate surface area is 190 Å². The van der Waals surface area contributed by atoms with Gasteiger partial charge >= 0.3 is 0 Å². The minimum Gasteiger partial charge on any atom is -0.356 e. The molecule has 0 radical (unpaired) electrons. The Kier molecular flexibility index (Phi) is 5.26. The van der Waals surface area contributed by atoms with Gasteiger partial charge in [0.2, 0.25) is 0 Å². The number of nitrogens with one attached hydrogen (secondary N) is 2. The Bertz CT molecular complexity index is 1280. The number of nitrogens with zero attached hydrogens (tertiary/aromatic N) is 4. The van der Waals surface area contributed by atoms with Crippen molar-refractivity contribution in [2.24, 2.45) is 0 Å². The number of rotatable bonds is 5. The molecule has 11 heteroatoms. The lowest BCUT2D eigenvalue weighted by Crippen LogP contribution is -2.43. The molecule has 0 spiro atoms. The molecule has 0 bridgehead atoms. The second-order valence-corrected chi connectivity index (χ2v) is 9.03. The largest absolute Gasteiger partial charge is 0.356 e. The van der Waals surface area contributed by atoms with E-state index in [2.05, 4.69) is 25.8 Å². The number of anilines is 1. The van der Waals surface area contributed by atoms with Gasteiger partial charge in [-0.15, -0.1) is 0 Å². The van der Waals surface area contributed by atoms with Gasteiger partial charge in [-0.1, -0.05) is 35.1 Å². The van der Waals surface area contributed by atoms with Gasteiger partial charge < -0.3 is 10.6 Å². The first-order chi connectivity index (χ1) is 15.4. The summed E-state index contributed by atoms with van der Waals surface area (Å²) in [6.45, 7) is 0. The summed E-state index contributed by atoms with van der Waals surface area (Å²) >= 11 is 7.36. The Balaban J connectivity index is 1.38. The first-order valence-electron chi connectivity index (χ1n) is 9.85. The zero-order valence-electron chi connectivity index (χ0n) is 16.5. The van der Waals surface area contributed by atoms with Crippen molar-refractivity contribution in [3.8, 4) is 5.69 Å². The van der Waals surface area contributed by atoms with E-state index in [0.29, 0.717) is 21.4 Å². The highest BCUT2D eigenvalue weighted by Crippen LogP contribution is 2.38. The summed E-state index contributed by atoms with van der Waals surface area (Å²) in [5.74, 6) is -3.37. The number of carbonyl (C=O) groups excluding carboxylic acids is 1. The molecule has 2 heterocycles. The van der Waals surface area contributed by atoms with Gasteiger partial charge in [-0.25, -0.2) is 13.8 Å². The summed E-state index contributed by atoms with van der Waals surface area (Å²) in [6.07, 6.45) is 2.13. The zero-order chi connectivity index (χ0) is 22.3. The monoisotopic (exact) mass is 474 g/mol. The molecule has 1 fully saturated rings. The Hall–Kier alpha value is -3.11. The molecule has 1 aliphatic rings. The van der Waals surface area contributed by atoms with Gasteiger partial charge in [-0.2, -0.15) is 15.0 Å². The predicted octanol–water partition coefficient (Wildman–Crippen LogP) is 4.54. The summed E-state index contributed by atoms with van der Waals surface area (Å²) in [5.41, 5.74) is 1.49. The number of halogens is 3. The number of alkyl halides is 2. The lowest BCUT2D eigenvalue weighted by Gasteiger charge is -2.21. The van der Waals surface area contributed by atoms with Gasteiger partial charge in [0.1, 0.15) is 0 Å². The summed E-state index contributed by atoms with van der Waals surface area (Å²) in [5, 5.41) is 15.1. The average molecular weight is 475 g/mol. The molecule has 1 saturated carbocycles. The Morgan fingerprint density at radius 3 is 2.69 bits per heavy atom. The summed E-state index contributed by atoms with van der Waals surface area (Å²) in [7, 11) is 0. The molecule has 0 aliphatic heterocycles. The number of para-hydroxylation sites is 1. The van der Waals surface area contributed by atoms with Crippen molar-refractivity contribution in [1.82, 2.24) is 25.3 Å². The zero-order valence-corrected chi connectivity index (χ0v) is 18.1. The molecule has 2 N–H and O–H groups in total. The topological polar surface area (TPSA) is 84.7 Å². The predicted molar refractivity (Wildman–Crippen MR) is 119 cm³/mol. The number of hydrogen-bond acceptors (Lipinski definition) is 6. The molecule has 4 aromatic rings. The van der Waals surface area contributed by atoms with Gasteiger partial charge in [0.15, 0.2) is 5.13 Å². The molecule has 32 heavy (non-hydrogen) atoms. The summed E-state index contributed by atoms with van der Waals surface area (Å²) in [6, 6.07) is 10.6. The number of aromatic nitrogens is 4. The second-order valence-electron chi connectivity index (χ2n) is 7.56. The SMILES string of the molecule is O=C(NC1CC(F)(F)CC1Nc1nc2ccc(Cl)cc2s1)c1ccccc1-n1nccn1. The molecule has 1 aliphatic carbocycles. The molecule has 5 rings (SSSR count). The van der Waals surface area contributed by atoms with Crippen molar-refractivity contribution in [2.45, 2.75) is 30.8 Å². The fourth-order valence-corrected chi connectivity index (χ4v) is 5.06. The lowest BCUT2D eigenvalue weighted by atomic mass is 10.1. The first-order valence-corrected chi connectivity index (χ1v) is 11.0. The van der Waals surface area contributed by atoms with Gasteiger partial charge in [-0.3, -0.25) is 4.79 Å². The molecule has 0 saturated heterocycles. The highest BCUT2D eigenvalue weighted by atomic mass is 35.5. The van der Waals surface area contributed by atoms with Crippen LogP contribution in [0.15, 0.2) is 54.9 Å². The number of amides is 1. The van der Waals surface area contributed by atoms with Gasteiger partial charge in [-0.05, 0) is 30.3 Å².